The largest absolute Gasteiger partial charge is 0.480 e. The van der Waals surface area contributed by atoms with Crippen LogP contribution in [0.5, 0.6) is 0 Å². The molecule has 0 saturated heterocycles. The van der Waals surface area contributed by atoms with Crippen LogP contribution in [0.2, 0.25) is 0 Å². The van der Waals surface area contributed by atoms with Gasteiger partial charge in [0.1, 0.15) is 10.3 Å². The van der Waals surface area contributed by atoms with Gasteiger partial charge in [-0.05, 0) is 17.9 Å². The molecule has 0 aliphatic rings. The normalized spacial score (nSPS) is 12.9. The number of aliphatic carboxylic acids is 1. The Morgan fingerprint density at radius 1 is 1.48 bits per heavy atom. The van der Waals surface area contributed by atoms with Gasteiger partial charge in [0.05, 0.1) is 0 Å². The minimum atomic E-state index is -3.60. The highest BCUT2D eigenvalue weighted by molar-refractivity contribution is 7.91. The van der Waals surface area contributed by atoms with Gasteiger partial charge in [-0.15, -0.1) is 11.3 Å². The Morgan fingerprint density at radius 2 is 2.14 bits per heavy atom. The molecule has 0 spiro atoms. The van der Waals surface area contributed by atoms with Gasteiger partial charge < -0.3 is 10.0 Å². The van der Waals surface area contributed by atoms with E-state index in [9.17, 15) is 18.0 Å². The van der Waals surface area contributed by atoms with Gasteiger partial charge in [-0.3, -0.25) is 4.79 Å². The van der Waals surface area contributed by atoms with E-state index < -0.39 is 27.9 Å². The third-order valence-electron chi connectivity index (χ3n) is 2.92. The number of carboxylic acids is 1. The van der Waals surface area contributed by atoms with E-state index in [4.69, 9.17) is 5.11 Å². The van der Waals surface area contributed by atoms with Crippen LogP contribution in [-0.4, -0.2) is 49.9 Å². The molecule has 1 aromatic rings. The molecule has 0 aliphatic carbocycles. The van der Waals surface area contributed by atoms with Crippen LogP contribution in [0.1, 0.15) is 19.8 Å². The van der Waals surface area contributed by atoms with Crippen molar-refractivity contribution in [1.29, 1.82) is 0 Å². The molecule has 2 N–H and O–H groups in total. The summed E-state index contributed by atoms with van der Waals surface area (Å²) in [6.07, 6.45) is 0.198. The lowest BCUT2D eigenvalue weighted by molar-refractivity contribution is -0.149. The van der Waals surface area contributed by atoms with Crippen molar-refractivity contribution in [3.8, 4) is 0 Å². The van der Waals surface area contributed by atoms with E-state index in [1.165, 1.54) is 13.1 Å². The Labute approximate surface area is 127 Å². The summed E-state index contributed by atoms with van der Waals surface area (Å²) >= 11 is 1.08. The van der Waals surface area contributed by atoms with Crippen LogP contribution >= 0.6 is 11.3 Å². The van der Waals surface area contributed by atoms with Crippen LogP contribution in [0.25, 0.3) is 0 Å². The average Bonchev–Trinajstić information content (AvgIpc) is 2.93. The summed E-state index contributed by atoms with van der Waals surface area (Å²) in [7, 11) is -2.20. The molecule has 0 fully saturated rings. The number of sulfonamides is 1. The summed E-state index contributed by atoms with van der Waals surface area (Å²) in [6.45, 7) is 1.60. The third kappa shape index (κ3) is 4.80. The van der Waals surface area contributed by atoms with Gasteiger partial charge in [-0.2, -0.15) is 0 Å². The molecule has 0 radical (unpaired) electrons. The number of thiophene rings is 1. The number of likely N-dealkylation sites (N-methyl/N-ethyl adjacent to an activating group) is 1. The van der Waals surface area contributed by atoms with Crippen LogP contribution in [0, 0.1) is 0 Å². The van der Waals surface area contributed by atoms with E-state index in [1.807, 2.05) is 0 Å². The van der Waals surface area contributed by atoms with Gasteiger partial charge in [0.2, 0.25) is 15.9 Å². The van der Waals surface area contributed by atoms with Crippen molar-refractivity contribution in [3.05, 3.63) is 17.5 Å². The Morgan fingerprint density at radius 3 is 2.62 bits per heavy atom. The molecule has 0 aliphatic heterocycles. The Hall–Kier alpha value is -1.45. The van der Waals surface area contributed by atoms with Crippen LogP contribution in [0.4, 0.5) is 0 Å². The average molecular weight is 334 g/mol. The minimum absolute atomic E-state index is 0.0700. The van der Waals surface area contributed by atoms with Crippen LogP contribution in [-0.2, 0) is 19.6 Å². The highest BCUT2D eigenvalue weighted by Crippen LogP contribution is 2.15. The summed E-state index contributed by atoms with van der Waals surface area (Å²) in [4.78, 5) is 23.9. The topological polar surface area (TPSA) is 104 Å². The van der Waals surface area contributed by atoms with Crippen LogP contribution in [0.15, 0.2) is 21.7 Å². The maximum Gasteiger partial charge on any atom is 0.326 e. The zero-order chi connectivity index (χ0) is 16.0. The fourth-order valence-corrected chi connectivity index (χ4v) is 3.81. The van der Waals surface area contributed by atoms with Crippen molar-refractivity contribution in [2.75, 3.05) is 13.6 Å². The fraction of sp³-hybridized carbons (Fsp3) is 0.500. The van der Waals surface area contributed by atoms with Crippen molar-refractivity contribution in [2.45, 2.75) is 30.0 Å². The van der Waals surface area contributed by atoms with Gasteiger partial charge in [0.15, 0.2) is 0 Å². The monoisotopic (exact) mass is 334 g/mol. The van der Waals surface area contributed by atoms with Gasteiger partial charge >= 0.3 is 5.97 Å². The number of amides is 1. The molecule has 1 unspecified atom stereocenters. The number of rotatable bonds is 8. The first-order valence-corrected chi connectivity index (χ1v) is 8.67. The number of nitrogens with zero attached hydrogens (tertiary/aromatic N) is 1. The quantitative estimate of drug-likeness (QED) is 0.730. The smallest absolute Gasteiger partial charge is 0.326 e. The number of carbonyl (C=O) groups is 2. The summed E-state index contributed by atoms with van der Waals surface area (Å²) in [5.74, 6) is -1.49. The summed E-state index contributed by atoms with van der Waals surface area (Å²) in [5.41, 5.74) is 0. The van der Waals surface area contributed by atoms with Crippen molar-refractivity contribution in [2.24, 2.45) is 0 Å². The number of carbonyl (C=O) groups excluding carboxylic acids is 1. The molecular weight excluding hydrogens is 316 g/mol. The molecule has 21 heavy (non-hydrogen) atoms. The molecule has 1 rings (SSSR count). The molecule has 118 valence electrons. The molecule has 9 heteroatoms. The van der Waals surface area contributed by atoms with E-state index in [-0.39, 0.29) is 17.2 Å². The molecule has 0 bridgehead atoms. The highest BCUT2D eigenvalue weighted by atomic mass is 32.2. The highest BCUT2D eigenvalue weighted by Gasteiger charge is 2.24. The van der Waals surface area contributed by atoms with Crippen molar-refractivity contribution in [3.63, 3.8) is 0 Å². The van der Waals surface area contributed by atoms with E-state index in [1.54, 1.807) is 18.4 Å². The second kappa shape index (κ2) is 7.53. The molecule has 0 saturated carbocycles. The van der Waals surface area contributed by atoms with Crippen LogP contribution < -0.4 is 4.72 Å². The Bertz CT molecular complexity index is 583. The molecule has 1 atom stereocenters. The SMILES string of the molecule is CCC(C(=O)O)N(C)C(=O)CCNS(=O)(=O)c1cccs1. The van der Waals surface area contributed by atoms with E-state index in [0.29, 0.717) is 6.42 Å². The first kappa shape index (κ1) is 17.6. The second-order valence-electron chi connectivity index (χ2n) is 4.35. The Kier molecular flexibility index (Phi) is 6.31. The summed E-state index contributed by atoms with van der Waals surface area (Å²) < 4.78 is 26.1. The van der Waals surface area contributed by atoms with Crippen molar-refractivity contribution in [1.82, 2.24) is 9.62 Å². The third-order valence-corrected chi connectivity index (χ3v) is 5.78. The molecule has 7 nitrogen and oxygen atoms in total. The van der Waals surface area contributed by atoms with Crippen molar-refractivity contribution < 1.29 is 23.1 Å². The van der Waals surface area contributed by atoms with E-state index in [2.05, 4.69) is 4.72 Å². The molecule has 1 aromatic heterocycles. The lowest BCUT2D eigenvalue weighted by atomic mass is 10.2. The Balaban J connectivity index is 2.52. The second-order valence-corrected chi connectivity index (χ2v) is 7.29. The maximum atomic E-state index is 11.9. The molecule has 1 heterocycles. The van der Waals surface area contributed by atoms with E-state index >= 15 is 0 Å². The van der Waals surface area contributed by atoms with Gasteiger partial charge in [0.25, 0.3) is 0 Å². The van der Waals surface area contributed by atoms with Crippen molar-refractivity contribution >= 4 is 33.2 Å². The lowest BCUT2D eigenvalue weighted by Crippen LogP contribution is -2.43. The predicted molar refractivity (Wildman–Crippen MR) is 78.6 cm³/mol. The molecule has 0 aromatic carbocycles. The number of carboxylic acid groups (broad SMARTS) is 1. The zero-order valence-corrected chi connectivity index (χ0v) is 13.4. The van der Waals surface area contributed by atoms with E-state index in [0.717, 1.165) is 16.2 Å². The van der Waals surface area contributed by atoms with Crippen LogP contribution in [0.3, 0.4) is 0 Å². The predicted octanol–water partition coefficient (Wildman–Crippen LogP) is 0.738. The maximum absolute atomic E-state index is 11.9. The summed E-state index contributed by atoms with van der Waals surface area (Å²) in [6, 6.07) is 2.20. The molecule has 1 amide bonds. The number of nitrogens with one attached hydrogen (secondary N) is 1. The summed E-state index contributed by atoms with van der Waals surface area (Å²) in [5, 5.41) is 10.6. The fourth-order valence-electron chi connectivity index (χ4n) is 1.74. The minimum Gasteiger partial charge on any atom is -0.480 e. The first-order valence-electron chi connectivity index (χ1n) is 6.31. The first-order chi connectivity index (χ1) is 9.79. The molecular formula is C12H18N2O5S2. The van der Waals surface area contributed by atoms with Gasteiger partial charge in [-0.25, -0.2) is 17.9 Å². The number of hydrogen-bond donors (Lipinski definition) is 2. The van der Waals surface area contributed by atoms with Gasteiger partial charge in [-0.1, -0.05) is 13.0 Å². The standard InChI is InChI=1S/C12H18N2O5S2/c1-3-9(12(16)17)14(2)10(15)6-7-13-21(18,19)11-5-4-8-20-11/h4-5,8-9,13H,3,6-7H2,1-2H3,(H,16,17). The number of hydrogen-bond acceptors (Lipinski definition) is 5. The lowest BCUT2D eigenvalue weighted by Gasteiger charge is -2.23. The van der Waals surface area contributed by atoms with Gasteiger partial charge in [0, 0.05) is 20.0 Å². The zero-order valence-electron chi connectivity index (χ0n) is 11.8.